The molecule has 0 bridgehead atoms. The molecule has 29 heavy (non-hydrogen) atoms. The number of halogens is 3. The second-order valence-electron chi connectivity index (χ2n) is 6.13. The van der Waals surface area contributed by atoms with Crippen LogP contribution in [0.1, 0.15) is 5.56 Å². The maximum atomic E-state index is 12.4. The van der Waals surface area contributed by atoms with E-state index in [-0.39, 0.29) is 17.4 Å². The van der Waals surface area contributed by atoms with Crippen LogP contribution in [0.2, 0.25) is 0 Å². The minimum Gasteiger partial charge on any atom is -0.406 e. The highest BCUT2D eigenvalue weighted by Crippen LogP contribution is 2.31. The van der Waals surface area contributed by atoms with E-state index in [4.69, 9.17) is 0 Å². The summed E-state index contributed by atoms with van der Waals surface area (Å²) in [4.78, 5) is 16.0. The van der Waals surface area contributed by atoms with Gasteiger partial charge in [-0.15, -0.1) is 13.2 Å². The Morgan fingerprint density at radius 1 is 1.14 bits per heavy atom. The fourth-order valence-corrected chi connectivity index (χ4v) is 3.48. The molecule has 0 aliphatic heterocycles. The molecule has 3 rings (SSSR count). The van der Waals surface area contributed by atoms with Gasteiger partial charge in [0.15, 0.2) is 5.16 Å². The van der Waals surface area contributed by atoms with Crippen molar-refractivity contribution in [1.29, 1.82) is 0 Å². The molecule has 152 valence electrons. The van der Waals surface area contributed by atoms with Crippen LogP contribution in [0.15, 0.2) is 59.9 Å². The maximum absolute atomic E-state index is 12.4. The summed E-state index contributed by atoms with van der Waals surface area (Å²) < 4.78 is 43.0. The summed E-state index contributed by atoms with van der Waals surface area (Å²) in [7, 11) is 1.55. The van der Waals surface area contributed by atoms with Crippen LogP contribution in [0.5, 0.6) is 5.75 Å². The number of carbonyl (C=O) groups excluding carboxylic acids is 1. The summed E-state index contributed by atoms with van der Waals surface area (Å²) in [5, 5.41) is 3.10. The summed E-state index contributed by atoms with van der Waals surface area (Å²) in [5.74, 6) is -0.302. The van der Waals surface area contributed by atoms with Crippen molar-refractivity contribution in [3.05, 3.63) is 60.3 Å². The summed E-state index contributed by atoms with van der Waals surface area (Å²) in [5.41, 5.74) is 3.36. The summed E-state index contributed by atoms with van der Waals surface area (Å²) in [6.45, 7) is 1.98. The monoisotopic (exact) mass is 421 g/mol. The van der Waals surface area contributed by atoms with Crippen LogP contribution in [-0.2, 0) is 4.79 Å². The van der Waals surface area contributed by atoms with E-state index in [0.29, 0.717) is 10.8 Å². The third-order valence-corrected chi connectivity index (χ3v) is 4.97. The summed E-state index contributed by atoms with van der Waals surface area (Å²) in [6.07, 6.45) is -3.07. The molecule has 1 heterocycles. The number of ether oxygens (including phenoxy) is 1. The average molecular weight is 421 g/mol. The van der Waals surface area contributed by atoms with Gasteiger partial charge in [-0.05, 0) is 31.2 Å². The first kappa shape index (κ1) is 20.8. The number of thioether (sulfide) groups is 1. The van der Waals surface area contributed by atoms with Crippen molar-refractivity contribution in [2.75, 3.05) is 12.8 Å². The Hall–Kier alpha value is -2.94. The number of hydrogen-bond acceptors (Lipinski definition) is 4. The lowest BCUT2D eigenvalue weighted by molar-refractivity contribution is -0.274. The standard InChI is InChI=1S/C20H18F3N3O2S/c1-13-3-5-14(6-4-13)17-11-25-19(29-12-18(27)24-2)26(17)15-7-9-16(10-8-15)28-20(21,22)23/h3-11H,12H2,1-2H3,(H,24,27). The number of imidazole rings is 1. The van der Waals surface area contributed by atoms with Gasteiger partial charge in [0.25, 0.3) is 0 Å². The van der Waals surface area contributed by atoms with Crippen LogP contribution < -0.4 is 10.1 Å². The van der Waals surface area contributed by atoms with Crippen LogP contribution in [0.3, 0.4) is 0 Å². The van der Waals surface area contributed by atoms with E-state index in [0.717, 1.165) is 16.8 Å². The Bertz CT molecular complexity index is 984. The highest BCUT2D eigenvalue weighted by atomic mass is 32.2. The number of carbonyl (C=O) groups is 1. The van der Waals surface area contributed by atoms with Crippen LogP contribution >= 0.6 is 11.8 Å². The highest BCUT2D eigenvalue weighted by Gasteiger charge is 2.31. The van der Waals surface area contributed by atoms with E-state index in [1.165, 1.54) is 36.0 Å². The van der Waals surface area contributed by atoms with Gasteiger partial charge in [-0.1, -0.05) is 41.6 Å². The average Bonchev–Trinajstić information content (AvgIpc) is 3.10. The van der Waals surface area contributed by atoms with Crippen molar-refractivity contribution in [2.24, 2.45) is 0 Å². The number of nitrogens with one attached hydrogen (secondary N) is 1. The van der Waals surface area contributed by atoms with E-state index in [9.17, 15) is 18.0 Å². The first-order chi connectivity index (χ1) is 13.8. The third-order valence-electron chi connectivity index (χ3n) is 4.02. The smallest absolute Gasteiger partial charge is 0.406 e. The molecule has 1 N–H and O–H groups in total. The zero-order valence-electron chi connectivity index (χ0n) is 15.7. The van der Waals surface area contributed by atoms with Gasteiger partial charge in [0.1, 0.15) is 5.75 Å². The fourth-order valence-electron chi connectivity index (χ4n) is 2.61. The van der Waals surface area contributed by atoms with Gasteiger partial charge in [-0.25, -0.2) is 4.98 Å². The van der Waals surface area contributed by atoms with Crippen molar-refractivity contribution in [1.82, 2.24) is 14.9 Å². The molecule has 0 atom stereocenters. The minimum absolute atomic E-state index is 0.157. The number of alkyl halides is 3. The lowest BCUT2D eigenvalue weighted by atomic mass is 10.1. The molecule has 2 aromatic carbocycles. The molecule has 0 fully saturated rings. The van der Waals surface area contributed by atoms with Gasteiger partial charge < -0.3 is 10.1 Å². The van der Waals surface area contributed by atoms with E-state index in [1.54, 1.807) is 17.8 Å². The molecule has 0 saturated carbocycles. The predicted octanol–water partition coefficient (Wildman–Crippen LogP) is 4.58. The van der Waals surface area contributed by atoms with Crippen molar-refractivity contribution < 1.29 is 22.7 Å². The van der Waals surface area contributed by atoms with Crippen LogP contribution in [0.4, 0.5) is 13.2 Å². The van der Waals surface area contributed by atoms with Crippen molar-refractivity contribution in [3.63, 3.8) is 0 Å². The quantitative estimate of drug-likeness (QED) is 0.592. The van der Waals surface area contributed by atoms with Gasteiger partial charge in [-0.3, -0.25) is 9.36 Å². The minimum atomic E-state index is -4.75. The zero-order valence-corrected chi connectivity index (χ0v) is 16.5. The topological polar surface area (TPSA) is 56.2 Å². The second-order valence-corrected chi connectivity index (χ2v) is 7.07. The number of benzene rings is 2. The Labute approximate surface area is 169 Å². The third kappa shape index (κ3) is 5.32. The summed E-state index contributed by atoms with van der Waals surface area (Å²) >= 11 is 1.24. The second kappa shape index (κ2) is 8.60. The Kier molecular flexibility index (Phi) is 6.17. The molecular formula is C20H18F3N3O2S. The van der Waals surface area contributed by atoms with Gasteiger partial charge in [-0.2, -0.15) is 0 Å². The molecule has 1 aromatic heterocycles. The number of rotatable bonds is 6. The molecule has 0 unspecified atom stereocenters. The first-order valence-corrected chi connectivity index (χ1v) is 9.60. The van der Waals surface area contributed by atoms with Crippen molar-refractivity contribution in [3.8, 4) is 22.7 Å². The Balaban J connectivity index is 2.00. The highest BCUT2D eigenvalue weighted by molar-refractivity contribution is 7.99. The Morgan fingerprint density at radius 2 is 1.79 bits per heavy atom. The maximum Gasteiger partial charge on any atom is 0.573 e. The molecular weight excluding hydrogens is 403 g/mol. The number of amides is 1. The summed E-state index contributed by atoms with van der Waals surface area (Å²) in [6, 6.07) is 13.3. The van der Waals surface area contributed by atoms with Gasteiger partial charge in [0.05, 0.1) is 17.6 Å². The molecule has 9 heteroatoms. The van der Waals surface area contributed by atoms with E-state index in [1.807, 2.05) is 31.2 Å². The molecule has 0 radical (unpaired) electrons. The number of nitrogens with zero attached hydrogens (tertiary/aromatic N) is 2. The van der Waals surface area contributed by atoms with Crippen molar-refractivity contribution in [2.45, 2.75) is 18.4 Å². The van der Waals surface area contributed by atoms with E-state index >= 15 is 0 Å². The molecule has 0 aliphatic rings. The van der Waals surface area contributed by atoms with Crippen LogP contribution in [-0.4, -0.2) is 34.6 Å². The molecule has 0 saturated heterocycles. The normalized spacial score (nSPS) is 11.3. The van der Waals surface area contributed by atoms with Gasteiger partial charge in [0.2, 0.25) is 5.91 Å². The molecule has 0 spiro atoms. The number of hydrogen-bond donors (Lipinski definition) is 1. The van der Waals surface area contributed by atoms with Crippen LogP contribution in [0, 0.1) is 6.92 Å². The van der Waals surface area contributed by atoms with E-state index in [2.05, 4.69) is 15.0 Å². The predicted molar refractivity (Wildman–Crippen MR) is 105 cm³/mol. The largest absolute Gasteiger partial charge is 0.573 e. The van der Waals surface area contributed by atoms with Gasteiger partial charge in [0, 0.05) is 18.3 Å². The SMILES string of the molecule is CNC(=O)CSc1ncc(-c2ccc(C)cc2)n1-c1ccc(OC(F)(F)F)cc1. The van der Waals surface area contributed by atoms with Crippen LogP contribution in [0.25, 0.3) is 16.9 Å². The molecule has 3 aromatic rings. The van der Waals surface area contributed by atoms with Gasteiger partial charge >= 0.3 is 6.36 Å². The van der Waals surface area contributed by atoms with Crippen molar-refractivity contribution >= 4 is 17.7 Å². The number of aromatic nitrogens is 2. The fraction of sp³-hybridized carbons (Fsp3) is 0.200. The van der Waals surface area contributed by atoms with E-state index < -0.39 is 6.36 Å². The lowest BCUT2D eigenvalue weighted by Gasteiger charge is -2.14. The first-order valence-electron chi connectivity index (χ1n) is 8.61. The molecule has 1 amide bonds. The molecule has 0 aliphatic carbocycles. The lowest BCUT2D eigenvalue weighted by Crippen LogP contribution is -2.20. The zero-order chi connectivity index (χ0) is 21.0. The Morgan fingerprint density at radius 3 is 2.38 bits per heavy atom. The molecule has 5 nitrogen and oxygen atoms in total. The number of aryl methyl sites for hydroxylation is 1.